The summed E-state index contributed by atoms with van der Waals surface area (Å²) in [6.07, 6.45) is 1.39. The Bertz CT molecular complexity index is 593. The highest BCUT2D eigenvalue weighted by Crippen LogP contribution is 2.14. The fourth-order valence-corrected chi connectivity index (χ4v) is 1.71. The molecule has 0 spiro atoms. The van der Waals surface area contributed by atoms with Crippen molar-refractivity contribution in [1.29, 1.82) is 0 Å². The zero-order valence-electron chi connectivity index (χ0n) is 9.13. The van der Waals surface area contributed by atoms with Gasteiger partial charge in [0.2, 0.25) is 0 Å². The van der Waals surface area contributed by atoms with Gasteiger partial charge in [0.05, 0.1) is 11.8 Å². The smallest absolute Gasteiger partial charge is 0.275 e. The van der Waals surface area contributed by atoms with E-state index in [0.717, 1.165) is 3.77 Å². The number of hydrogen-bond acceptors (Lipinski definition) is 4. The topological polar surface area (TPSA) is 74.8 Å². The molecule has 92 valence electrons. The number of para-hydroxylation sites is 1. The number of halogens is 1. The van der Waals surface area contributed by atoms with Gasteiger partial charge in [-0.1, -0.05) is 12.1 Å². The highest BCUT2D eigenvalue weighted by molar-refractivity contribution is 14.1. The predicted octanol–water partition coefficient (Wildman–Crippen LogP) is 2.35. The van der Waals surface area contributed by atoms with Crippen LogP contribution in [0.2, 0.25) is 0 Å². The van der Waals surface area contributed by atoms with E-state index in [0.29, 0.717) is 5.76 Å². The average Bonchev–Trinajstić information content (AvgIpc) is 2.75. The largest absolute Gasteiger partial charge is 0.507 e. The summed E-state index contributed by atoms with van der Waals surface area (Å²) in [7, 11) is 0. The molecule has 0 atom stereocenters. The molecule has 1 aromatic heterocycles. The summed E-state index contributed by atoms with van der Waals surface area (Å²) >= 11 is 2.03. The molecule has 0 radical (unpaired) electrons. The van der Waals surface area contributed by atoms with Crippen molar-refractivity contribution >= 4 is 34.7 Å². The van der Waals surface area contributed by atoms with Crippen molar-refractivity contribution < 1.29 is 14.3 Å². The molecule has 0 fully saturated rings. The Balaban J connectivity index is 2.01. The fraction of sp³-hybridized carbons (Fsp3) is 0. The quantitative estimate of drug-likeness (QED) is 0.504. The van der Waals surface area contributed by atoms with Gasteiger partial charge < -0.3 is 9.52 Å². The molecule has 2 aromatic rings. The number of phenolic OH excluding ortho intramolecular Hbond substituents is 1. The Hall–Kier alpha value is -1.83. The van der Waals surface area contributed by atoms with E-state index < -0.39 is 5.91 Å². The minimum atomic E-state index is -0.481. The van der Waals surface area contributed by atoms with Crippen LogP contribution in [0.4, 0.5) is 0 Å². The Morgan fingerprint density at radius 2 is 2.11 bits per heavy atom. The van der Waals surface area contributed by atoms with Crippen LogP contribution in [-0.2, 0) is 0 Å². The molecular weight excluding hydrogens is 347 g/mol. The first kappa shape index (κ1) is 12.6. The third kappa shape index (κ3) is 3.10. The molecule has 1 heterocycles. The van der Waals surface area contributed by atoms with Crippen molar-refractivity contribution in [2.75, 3.05) is 0 Å². The van der Waals surface area contributed by atoms with Crippen LogP contribution in [0, 0.1) is 3.77 Å². The maximum absolute atomic E-state index is 11.6. The standard InChI is InChI=1S/C12H9IN2O3/c13-11-6-5-8(18-11)7-14-15-12(17)9-3-1-2-4-10(9)16/h1-7,16H,(H,15,17). The molecule has 0 bridgehead atoms. The molecule has 0 saturated heterocycles. The normalized spacial score (nSPS) is 10.7. The Kier molecular flexibility index (Phi) is 3.98. The zero-order valence-corrected chi connectivity index (χ0v) is 11.3. The average molecular weight is 356 g/mol. The highest BCUT2D eigenvalue weighted by Gasteiger charge is 2.08. The first-order chi connectivity index (χ1) is 8.66. The van der Waals surface area contributed by atoms with Crippen molar-refractivity contribution in [3.8, 4) is 5.75 Å². The van der Waals surface area contributed by atoms with Crippen molar-refractivity contribution in [3.05, 3.63) is 51.5 Å². The van der Waals surface area contributed by atoms with Gasteiger partial charge in [0.15, 0.2) is 3.77 Å². The lowest BCUT2D eigenvalue weighted by atomic mass is 10.2. The number of carbonyl (C=O) groups is 1. The Morgan fingerprint density at radius 1 is 1.33 bits per heavy atom. The molecule has 0 saturated carbocycles. The highest BCUT2D eigenvalue weighted by atomic mass is 127. The van der Waals surface area contributed by atoms with Crippen LogP contribution >= 0.6 is 22.6 Å². The zero-order chi connectivity index (χ0) is 13.0. The van der Waals surface area contributed by atoms with E-state index in [1.807, 2.05) is 22.6 Å². The molecule has 6 heteroatoms. The second-order valence-electron chi connectivity index (χ2n) is 3.36. The third-order valence-electron chi connectivity index (χ3n) is 2.10. The fourth-order valence-electron chi connectivity index (χ4n) is 1.28. The summed E-state index contributed by atoms with van der Waals surface area (Å²) in [4.78, 5) is 11.6. The van der Waals surface area contributed by atoms with Crippen LogP contribution < -0.4 is 5.43 Å². The van der Waals surface area contributed by atoms with E-state index >= 15 is 0 Å². The maximum Gasteiger partial charge on any atom is 0.275 e. The van der Waals surface area contributed by atoms with Crippen molar-refractivity contribution in [2.45, 2.75) is 0 Å². The summed E-state index contributed by atoms with van der Waals surface area (Å²) in [5.74, 6) is -0.0275. The van der Waals surface area contributed by atoms with Crippen LogP contribution in [0.1, 0.15) is 16.1 Å². The lowest BCUT2D eigenvalue weighted by Gasteiger charge is -2.01. The number of benzene rings is 1. The van der Waals surface area contributed by atoms with E-state index in [1.165, 1.54) is 18.3 Å². The molecular formula is C12H9IN2O3. The van der Waals surface area contributed by atoms with Crippen molar-refractivity contribution in [2.24, 2.45) is 5.10 Å². The molecule has 1 aromatic carbocycles. The number of nitrogens with zero attached hydrogens (tertiary/aromatic N) is 1. The van der Waals surface area contributed by atoms with E-state index in [-0.39, 0.29) is 11.3 Å². The first-order valence-corrected chi connectivity index (χ1v) is 6.11. The van der Waals surface area contributed by atoms with Crippen LogP contribution in [0.25, 0.3) is 0 Å². The summed E-state index contributed by atoms with van der Waals surface area (Å²) in [6.45, 7) is 0. The Morgan fingerprint density at radius 3 is 2.78 bits per heavy atom. The molecule has 0 unspecified atom stereocenters. The third-order valence-corrected chi connectivity index (χ3v) is 2.68. The summed E-state index contributed by atoms with van der Waals surface area (Å²) in [6, 6.07) is 9.76. The van der Waals surface area contributed by atoms with Gasteiger partial charge in [-0.2, -0.15) is 5.10 Å². The second-order valence-corrected chi connectivity index (χ2v) is 4.42. The van der Waals surface area contributed by atoms with Crippen molar-refractivity contribution in [3.63, 3.8) is 0 Å². The molecule has 1 amide bonds. The first-order valence-electron chi connectivity index (χ1n) is 5.03. The van der Waals surface area contributed by atoms with E-state index in [1.54, 1.807) is 24.3 Å². The molecule has 0 aliphatic rings. The molecule has 18 heavy (non-hydrogen) atoms. The number of hydrogen-bond donors (Lipinski definition) is 2. The van der Waals surface area contributed by atoms with Gasteiger partial charge in [-0.05, 0) is 46.9 Å². The van der Waals surface area contributed by atoms with E-state index in [4.69, 9.17) is 4.42 Å². The lowest BCUT2D eigenvalue weighted by Crippen LogP contribution is -2.17. The molecule has 2 rings (SSSR count). The predicted molar refractivity (Wildman–Crippen MR) is 74.6 cm³/mol. The summed E-state index contributed by atoms with van der Waals surface area (Å²) < 4.78 is 5.97. The lowest BCUT2D eigenvalue weighted by molar-refractivity contribution is 0.0952. The second kappa shape index (κ2) is 5.67. The number of hydrazone groups is 1. The van der Waals surface area contributed by atoms with Gasteiger partial charge in [-0.25, -0.2) is 5.43 Å². The Labute approximate surface area is 117 Å². The summed E-state index contributed by atoms with van der Waals surface area (Å²) in [5, 5.41) is 13.2. The number of aromatic hydroxyl groups is 1. The van der Waals surface area contributed by atoms with Gasteiger partial charge in [0.1, 0.15) is 11.5 Å². The van der Waals surface area contributed by atoms with E-state index in [9.17, 15) is 9.90 Å². The molecule has 5 nitrogen and oxygen atoms in total. The number of carbonyl (C=O) groups excluding carboxylic acids is 1. The number of nitrogens with one attached hydrogen (secondary N) is 1. The van der Waals surface area contributed by atoms with Crippen LogP contribution in [0.3, 0.4) is 0 Å². The van der Waals surface area contributed by atoms with Crippen molar-refractivity contribution in [1.82, 2.24) is 5.43 Å². The number of furan rings is 1. The molecule has 2 N–H and O–H groups in total. The van der Waals surface area contributed by atoms with Gasteiger partial charge >= 0.3 is 0 Å². The minimum Gasteiger partial charge on any atom is -0.507 e. The van der Waals surface area contributed by atoms with Gasteiger partial charge in [-0.15, -0.1) is 0 Å². The monoisotopic (exact) mass is 356 g/mol. The van der Waals surface area contributed by atoms with Crippen LogP contribution in [-0.4, -0.2) is 17.2 Å². The number of rotatable bonds is 3. The van der Waals surface area contributed by atoms with Gasteiger partial charge in [0, 0.05) is 0 Å². The van der Waals surface area contributed by atoms with Gasteiger partial charge in [-0.3, -0.25) is 4.79 Å². The maximum atomic E-state index is 11.6. The van der Waals surface area contributed by atoms with Crippen LogP contribution in [0.15, 0.2) is 45.9 Å². The summed E-state index contributed by atoms with van der Waals surface area (Å²) in [5.41, 5.74) is 2.48. The van der Waals surface area contributed by atoms with E-state index in [2.05, 4.69) is 10.5 Å². The van der Waals surface area contributed by atoms with Gasteiger partial charge in [0.25, 0.3) is 5.91 Å². The molecule has 0 aliphatic heterocycles. The molecule has 0 aliphatic carbocycles. The minimum absolute atomic E-state index is 0.0854. The number of phenols is 1. The van der Waals surface area contributed by atoms with Crippen LogP contribution in [0.5, 0.6) is 5.75 Å². The number of amides is 1. The SMILES string of the molecule is O=C(NN=Cc1ccc(I)o1)c1ccccc1O.